The van der Waals surface area contributed by atoms with E-state index in [1.165, 1.54) is 11.1 Å². The molecule has 0 fully saturated rings. The van der Waals surface area contributed by atoms with Crippen LogP contribution in [0, 0.1) is 13.8 Å². The normalized spacial score (nSPS) is 10.6. The van der Waals surface area contributed by atoms with Crippen molar-refractivity contribution in [3.05, 3.63) is 108 Å². The van der Waals surface area contributed by atoms with E-state index in [4.69, 9.17) is 0 Å². The Morgan fingerprint density at radius 1 is 0.464 bits per heavy atom. The van der Waals surface area contributed by atoms with Crippen molar-refractivity contribution in [2.75, 3.05) is 4.90 Å². The average molecular weight is 365 g/mol. The zero-order valence-corrected chi connectivity index (χ0v) is 16.1. The molecule has 0 atom stereocenters. The Hall–Kier alpha value is -3.52. The molecule has 138 valence electrons. The van der Waals surface area contributed by atoms with Gasteiger partial charge in [0.25, 0.3) is 0 Å². The lowest BCUT2D eigenvalue weighted by atomic mass is 10.0. The van der Waals surface area contributed by atoms with E-state index in [9.17, 15) is 5.11 Å². The molecule has 0 aromatic heterocycles. The average Bonchev–Trinajstić information content (AvgIpc) is 2.72. The van der Waals surface area contributed by atoms with Gasteiger partial charge in [0, 0.05) is 17.1 Å². The van der Waals surface area contributed by atoms with Crippen molar-refractivity contribution in [1.29, 1.82) is 0 Å². The van der Waals surface area contributed by atoms with Crippen molar-refractivity contribution < 1.29 is 5.11 Å². The summed E-state index contributed by atoms with van der Waals surface area (Å²) in [7, 11) is 0. The van der Waals surface area contributed by atoms with Gasteiger partial charge in [0.2, 0.25) is 0 Å². The highest BCUT2D eigenvalue weighted by Crippen LogP contribution is 2.35. The molecule has 0 unspecified atom stereocenters. The van der Waals surface area contributed by atoms with Crippen molar-refractivity contribution in [3.63, 3.8) is 0 Å². The van der Waals surface area contributed by atoms with Gasteiger partial charge in [-0.1, -0.05) is 59.7 Å². The molecule has 1 N–H and O–H groups in total. The van der Waals surface area contributed by atoms with E-state index in [2.05, 4.69) is 91.5 Å². The Labute approximate surface area is 166 Å². The van der Waals surface area contributed by atoms with Crippen LogP contribution in [0.2, 0.25) is 0 Å². The van der Waals surface area contributed by atoms with E-state index in [0.717, 1.165) is 28.2 Å². The number of aryl methyl sites for hydroxylation is 2. The maximum atomic E-state index is 9.50. The van der Waals surface area contributed by atoms with Crippen molar-refractivity contribution in [2.45, 2.75) is 13.8 Å². The summed E-state index contributed by atoms with van der Waals surface area (Å²) in [6.45, 7) is 4.21. The first-order chi connectivity index (χ1) is 13.6. The molecule has 0 amide bonds. The quantitative estimate of drug-likeness (QED) is 0.415. The van der Waals surface area contributed by atoms with Crippen LogP contribution in [0.3, 0.4) is 0 Å². The minimum absolute atomic E-state index is 0.283. The van der Waals surface area contributed by atoms with Gasteiger partial charge in [-0.2, -0.15) is 0 Å². The van der Waals surface area contributed by atoms with Crippen LogP contribution in [0.15, 0.2) is 97.1 Å². The van der Waals surface area contributed by atoms with Gasteiger partial charge < -0.3 is 10.0 Å². The monoisotopic (exact) mass is 365 g/mol. The van der Waals surface area contributed by atoms with Crippen LogP contribution in [0.1, 0.15) is 11.1 Å². The minimum Gasteiger partial charge on any atom is -0.508 e. The van der Waals surface area contributed by atoms with Gasteiger partial charge in [-0.3, -0.25) is 0 Å². The molecule has 0 spiro atoms. The number of phenols is 1. The summed E-state index contributed by atoms with van der Waals surface area (Å²) in [6.07, 6.45) is 0. The lowest BCUT2D eigenvalue weighted by Crippen LogP contribution is -2.09. The van der Waals surface area contributed by atoms with Gasteiger partial charge in [-0.25, -0.2) is 0 Å². The maximum Gasteiger partial charge on any atom is 0.115 e. The second kappa shape index (κ2) is 7.61. The summed E-state index contributed by atoms with van der Waals surface area (Å²) in [5.74, 6) is 0.283. The summed E-state index contributed by atoms with van der Waals surface area (Å²) in [5, 5.41) is 9.50. The number of phenolic OH excluding ortho intramolecular Hbond substituents is 1. The summed E-state index contributed by atoms with van der Waals surface area (Å²) in [6, 6.07) is 33.0. The van der Waals surface area contributed by atoms with Gasteiger partial charge in [0.1, 0.15) is 5.75 Å². The summed E-state index contributed by atoms with van der Waals surface area (Å²) < 4.78 is 0. The summed E-state index contributed by atoms with van der Waals surface area (Å²) in [4.78, 5) is 2.26. The third-order valence-electron chi connectivity index (χ3n) is 4.91. The Morgan fingerprint density at radius 3 is 1.18 bits per heavy atom. The first-order valence-corrected chi connectivity index (χ1v) is 9.43. The molecular formula is C26H23NO. The molecule has 28 heavy (non-hydrogen) atoms. The molecule has 2 heteroatoms. The van der Waals surface area contributed by atoms with Gasteiger partial charge in [0.15, 0.2) is 0 Å². The Bertz CT molecular complexity index is 1000. The lowest BCUT2D eigenvalue weighted by Gasteiger charge is -2.26. The number of aromatic hydroxyl groups is 1. The SMILES string of the molecule is Cc1ccc(N(c2ccc(C)cc2)c2ccc(-c3ccc(O)cc3)cc2)cc1. The fraction of sp³-hybridized carbons (Fsp3) is 0.0769. The van der Waals surface area contributed by atoms with E-state index in [1.54, 1.807) is 12.1 Å². The standard InChI is InChI=1S/C26H23NO/c1-19-3-11-23(12-4-19)27(24-13-5-20(2)6-14-24)25-15-7-21(8-16-25)22-9-17-26(28)18-10-22/h3-18,28H,1-2H3. The van der Waals surface area contributed by atoms with E-state index >= 15 is 0 Å². The molecule has 0 saturated carbocycles. The number of benzene rings is 4. The molecule has 0 saturated heterocycles. The largest absolute Gasteiger partial charge is 0.508 e. The van der Waals surface area contributed by atoms with Gasteiger partial charge in [-0.15, -0.1) is 0 Å². The topological polar surface area (TPSA) is 23.5 Å². The zero-order valence-electron chi connectivity index (χ0n) is 16.1. The molecule has 0 aliphatic rings. The number of anilines is 3. The fourth-order valence-electron chi connectivity index (χ4n) is 3.29. The third-order valence-corrected chi connectivity index (χ3v) is 4.91. The first-order valence-electron chi connectivity index (χ1n) is 9.43. The van der Waals surface area contributed by atoms with E-state index < -0.39 is 0 Å². The predicted octanol–water partition coefficient (Wildman–Crippen LogP) is 7.15. The fourth-order valence-corrected chi connectivity index (χ4v) is 3.29. The van der Waals surface area contributed by atoms with E-state index in [-0.39, 0.29) is 5.75 Å². The smallest absolute Gasteiger partial charge is 0.115 e. The minimum atomic E-state index is 0.283. The number of rotatable bonds is 4. The Kier molecular flexibility index (Phi) is 4.86. The van der Waals surface area contributed by atoms with Gasteiger partial charge in [0.05, 0.1) is 0 Å². The molecule has 4 aromatic rings. The molecule has 2 nitrogen and oxygen atoms in total. The second-order valence-electron chi connectivity index (χ2n) is 7.10. The molecular weight excluding hydrogens is 342 g/mol. The van der Waals surface area contributed by atoms with Crippen LogP contribution in [0.4, 0.5) is 17.1 Å². The molecule has 0 aliphatic heterocycles. The van der Waals surface area contributed by atoms with E-state index in [1.807, 2.05) is 12.1 Å². The second-order valence-corrected chi connectivity index (χ2v) is 7.10. The van der Waals surface area contributed by atoms with Crippen molar-refractivity contribution in [1.82, 2.24) is 0 Å². The molecule has 4 rings (SSSR count). The van der Waals surface area contributed by atoms with Crippen molar-refractivity contribution in [3.8, 4) is 16.9 Å². The van der Waals surface area contributed by atoms with Gasteiger partial charge in [-0.05, 0) is 73.5 Å². The lowest BCUT2D eigenvalue weighted by molar-refractivity contribution is 0.475. The van der Waals surface area contributed by atoms with Crippen molar-refractivity contribution in [2.24, 2.45) is 0 Å². The molecule has 4 aromatic carbocycles. The summed E-state index contributed by atoms with van der Waals surface area (Å²) in [5.41, 5.74) is 8.07. The number of hydrogen-bond acceptors (Lipinski definition) is 2. The van der Waals surface area contributed by atoms with Crippen LogP contribution in [0.25, 0.3) is 11.1 Å². The third kappa shape index (κ3) is 3.77. The zero-order chi connectivity index (χ0) is 19.5. The van der Waals surface area contributed by atoms with Crippen LogP contribution >= 0.6 is 0 Å². The highest BCUT2D eigenvalue weighted by atomic mass is 16.3. The van der Waals surface area contributed by atoms with Crippen LogP contribution in [-0.4, -0.2) is 5.11 Å². The molecule has 0 bridgehead atoms. The maximum absolute atomic E-state index is 9.50. The predicted molar refractivity (Wildman–Crippen MR) is 118 cm³/mol. The number of nitrogens with zero attached hydrogens (tertiary/aromatic N) is 1. The van der Waals surface area contributed by atoms with Gasteiger partial charge >= 0.3 is 0 Å². The summed E-state index contributed by atoms with van der Waals surface area (Å²) >= 11 is 0. The molecule has 0 aliphatic carbocycles. The highest BCUT2D eigenvalue weighted by molar-refractivity contribution is 5.78. The molecule has 0 heterocycles. The van der Waals surface area contributed by atoms with Crippen LogP contribution in [-0.2, 0) is 0 Å². The highest BCUT2D eigenvalue weighted by Gasteiger charge is 2.12. The Balaban J connectivity index is 1.74. The Morgan fingerprint density at radius 2 is 0.786 bits per heavy atom. The van der Waals surface area contributed by atoms with Crippen molar-refractivity contribution >= 4 is 17.1 Å². The number of hydrogen-bond donors (Lipinski definition) is 1. The van der Waals surface area contributed by atoms with Crippen LogP contribution < -0.4 is 4.90 Å². The van der Waals surface area contributed by atoms with Crippen LogP contribution in [0.5, 0.6) is 5.75 Å². The first kappa shape index (κ1) is 17.9. The molecule has 0 radical (unpaired) electrons. The van der Waals surface area contributed by atoms with E-state index in [0.29, 0.717) is 0 Å².